The number of carbonyl (C=O) groups excluding carboxylic acids is 2. The summed E-state index contributed by atoms with van der Waals surface area (Å²) < 4.78 is 16.1. The first-order chi connectivity index (χ1) is 13.0. The Morgan fingerprint density at radius 3 is 2.48 bits per heavy atom. The molecule has 0 aliphatic heterocycles. The van der Waals surface area contributed by atoms with Gasteiger partial charge in [-0.25, -0.2) is 0 Å². The van der Waals surface area contributed by atoms with Crippen molar-refractivity contribution in [2.75, 3.05) is 21.3 Å². The third-order valence-electron chi connectivity index (χ3n) is 4.03. The number of hydrogen-bond acceptors (Lipinski definition) is 5. The van der Waals surface area contributed by atoms with Crippen molar-refractivity contribution in [3.05, 3.63) is 58.1 Å². The molecule has 0 unspecified atom stereocenters. The zero-order valence-corrected chi connectivity index (χ0v) is 17.0. The zero-order valence-electron chi connectivity index (χ0n) is 15.5. The highest BCUT2D eigenvalue weighted by atomic mass is 79.9. The van der Waals surface area contributed by atoms with Crippen LogP contribution in [0.3, 0.4) is 0 Å². The van der Waals surface area contributed by atoms with Gasteiger partial charge in [0, 0.05) is 16.1 Å². The molecule has 6 nitrogen and oxygen atoms in total. The predicted octanol–water partition coefficient (Wildman–Crippen LogP) is 3.43. The summed E-state index contributed by atoms with van der Waals surface area (Å²) in [5.74, 6) is 0.583. The number of carbonyl (C=O) groups is 2. The van der Waals surface area contributed by atoms with Crippen LogP contribution in [0.15, 0.2) is 46.9 Å². The summed E-state index contributed by atoms with van der Waals surface area (Å²) >= 11 is 3.41. The van der Waals surface area contributed by atoms with Crippen molar-refractivity contribution in [2.24, 2.45) is 0 Å². The average Bonchev–Trinajstić information content (AvgIpc) is 2.67. The van der Waals surface area contributed by atoms with Crippen LogP contribution in [-0.2, 0) is 20.7 Å². The Morgan fingerprint density at radius 2 is 1.85 bits per heavy atom. The highest BCUT2D eigenvalue weighted by Crippen LogP contribution is 2.26. The van der Waals surface area contributed by atoms with Gasteiger partial charge in [0.15, 0.2) is 0 Å². The van der Waals surface area contributed by atoms with E-state index in [1.807, 2.05) is 24.3 Å². The van der Waals surface area contributed by atoms with Crippen LogP contribution in [0.1, 0.15) is 23.6 Å². The molecule has 1 atom stereocenters. The SMILES string of the molecule is COC(=O)C[C@@H](NC(=O)Cc1ccc(OC)cc1OC)c1cccc(Br)c1. The second-order valence-corrected chi connectivity index (χ2v) is 6.73. The number of ether oxygens (including phenoxy) is 3. The van der Waals surface area contributed by atoms with Gasteiger partial charge in [0.1, 0.15) is 11.5 Å². The highest BCUT2D eigenvalue weighted by molar-refractivity contribution is 9.10. The minimum atomic E-state index is -0.494. The van der Waals surface area contributed by atoms with E-state index >= 15 is 0 Å². The van der Waals surface area contributed by atoms with E-state index in [9.17, 15) is 9.59 Å². The number of methoxy groups -OCH3 is 3. The molecule has 0 fully saturated rings. The minimum absolute atomic E-state index is 0.0401. The number of rotatable bonds is 8. The molecule has 0 radical (unpaired) electrons. The second-order valence-electron chi connectivity index (χ2n) is 5.81. The molecule has 0 saturated carbocycles. The maximum Gasteiger partial charge on any atom is 0.307 e. The lowest BCUT2D eigenvalue weighted by atomic mass is 10.0. The van der Waals surface area contributed by atoms with E-state index in [0.29, 0.717) is 11.5 Å². The summed E-state index contributed by atoms with van der Waals surface area (Å²) in [6, 6.07) is 12.2. The minimum Gasteiger partial charge on any atom is -0.497 e. The summed E-state index contributed by atoms with van der Waals surface area (Å²) in [7, 11) is 4.43. The molecular formula is C20H22BrNO5. The molecule has 2 aromatic carbocycles. The van der Waals surface area contributed by atoms with Crippen LogP contribution in [-0.4, -0.2) is 33.2 Å². The third kappa shape index (κ3) is 5.99. The lowest BCUT2D eigenvalue weighted by Gasteiger charge is -2.19. The molecule has 1 amide bonds. The Hall–Kier alpha value is -2.54. The molecule has 144 valence electrons. The van der Waals surface area contributed by atoms with Crippen LogP contribution in [0.25, 0.3) is 0 Å². The predicted molar refractivity (Wildman–Crippen MR) is 105 cm³/mol. The lowest BCUT2D eigenvalue weighted by molar-refractivity contribution is -0.141. The van der Waals surface area contributed by atoms with Crippen molar-refractivity contribution in [3.8, 4) is 11.5 Å². The van der Waals surface area contributed by atoms with Crippen molar-refractivity contribution in [1.29, 1.82) is 0 Å². The van der Waals surface area contributed by atoms with Crippen molar-refractivity contribution < 1.29 is 23.8 Å². The fourth-order valence-electron chi connectivity index (χ4n) is 2.64. The van der Waals surface area contributed by atoms with Gasteiger partial charge in [0.05, 0.1) is 40.2 Å². The van der Waals surface area contributed by atoms with Crippen LogP contribution >= 0.6 is 15.9 Å². The number of hydrogen-bond donors (Lipinski definition) is 1. The van der Waals surface area contributed by atoms with Gasteiger partial charge in [0.2, 0.25) is 5.91 Å². The Labute approximate surface area is 166 Å². The van der Waals surface area contributed by atoms with E-state index in [4.69, 9.17) is 14.2 Å². The molecule has 27 heavy (non-hydrogen) atoms. The molecule has 0 aromatic heterocycles. The summed E-state index contributed by atoms with van der Waals surface area (Å²) in [6.07, 6.45) is 0.150. The Balaban J connectivity index is 2.17. The number of benzene rings is 2. The van der Waals surface area contributed by atoms with Gasteiger partial charge in [-0.15, -0.1) is 0 Å². The molecular weight excluding hydrogens is 414 g/mol. The van der Waals surface area contributed by atoms with Gasteiger partial charge in [-0.1, -0.05) is 34.1 Å². The maximum atomic E-state index is 12.6. The first kappa shape index (κ1) is 20.8. The number of nitrogens with one attached hydrogen (secondary N) is 1. The van der Waals surface area contributed by atoms with Crippen LogP contribution in [0.5, 0.6) is 11.5 Å². The molecule has 2 aromatic rings. The topological polar surface area (TPSA) is 73.9 Å². The molecule has 0 heterocycles. The van der Waals surface area contributed by atoms with Gasteiger partial charge >= 0.3 is 5.97 Å². The lowest BCUT2D eigenvalue weighted by Crippen LogP contribution is -2.31. The molecule has 7 heteroatoms. The molecule has 0 aliphatic rings. The van der Waals surface area contributed by atoms with Gasteiger partial charge in [-0.2, -0.15) is 0 Å². The van der Waals surface area contributed by atoms with Gasteiger partial charge in [0.25, 0.3) is 0 Å². The maximum absolute atomic E-state index is 12.6. The fraction of sp³-hybridized carbons (Fsp3) is 0.300. The van der Waals surface area contributed by atoms with Gasteiger partial charge in [-0.3, -0.25) is 9.59 Å². The molecule has 0 saturated heterocycles. The quantitative estimate of drug-likeness (QED) is 0.642. The Morgan fingerprint density at radius 1 is 1.07 bits per heavy atom. The van der Waals surface area contributed by atoms with Gasteiger partial charge in [-0.05, 0) is 23.8 Å². The highest BCUT2D eigenvalue weighted by Gasteiger charge is 2.20. The van der Waals surface area contributed by atoms with Crippen LogP contribution < -0.4 is 14.8 Å². The molecule has 0 bridgehead atoms. The van der Waals surface area contributed by atoms with Crippen molar-refractivity contribution in [3.63, 3.8) is 0 Å². The third-order valence-corrected chi connectivity index (χ3v) is 4.52. The van der Waals surface area contributed by atoms with Crippen molar-refractivity contribution >= 4 is 27.8 Å². The number of amides is 1. The van der Waals surface area contributed by atoms with Crippen molar-refractivity contribution in [2.45, 2.75) is 18.9 Å². The monoisotopic (exact) mass is 435 g/mol. The smallest absolute Gasteiger partial charge is 0.307 e. The molecule has 2 rings (SSSR count). The summed E-state index contributed by atoms with van der Waals surface area (Å²) in [5.41, 5.74) is 1.53. The average molecular weight is 436 g/mol. The zero-order chi connectivity index (χ0) is 19.8. The van der Waals surface area contributed by atoms with E-state index in [1.165, 1.54) is 14.2 Å². The summed E-state index contributed by atoms with van der Waals surface area (Å²) in [4.78, 5) is 24.4. The normalized spacial score (nSPS) is 11.4. The molecule has 1 N–H and O–H groups in total. The first-order valence-corrected chi connectivity index (χ1v) is 9.08. The number of esters is 1. The van der Waals surface area contributed by atoms with Crippen LogP contribution in [0.2, 0.25) is 0 Å². The molecule has 0 spiro atoms. The van der Waals surface area contributed by atoms with Crippen molar-refractivity contribution in [1.82, 2.24) is 5.32 Å². The standard InChI is InChI=1S/C20H22BrNO5/c1-25-16-8-7-14(18(11-16)26-2)10-19(23)22-17(12-20(24)27-3)13-5-4-6-15(21)9-13/h4-9,11,17H,10,12H2,1-3H3,(H,22,23)/t17-/m1/s1. The Bertz CT molecular complexity index is 809. The Kier molecular flexibility index (Phi) is 7.67. The summed E-state index contributed by atoms with van der Waals surface area (Å²) in [6.45, 7) is 0. The van der Waals surface area contributed by atoms with Crippen LogP contribution in [0, 0.1) is 0 Å². The van der Waals surface area contributed by atoms with Crippen LogP contribution in [0.4, 0.5) is 0 Å². The largest absolute Gasteiger partial charge is 0.497 e. The fourth-order valence-corrected chi connectivity index (χ4v) is 3.06. The number of halogens is 1. The molecule has 0 aliphatic carbocycles. The van der Waals surface area contributed by atoms with E-state index < -0.39 is 12.0 Å². The second kappa shape index (κ2) is 9.97. The van der Waals surface area contributed by atoms with E-state index in [-0.39, 0.29) is 18.7 Å². The van der Waals surface area contributed by atoms with Gasteiger partial charge < -0.3 is 19.5 Å². The summed E-state index contributed by atoms with van der Waals surface area (Å²) in [5, 5.41) is 2.91. The van der Waals surface area contributed by atoms with E-state index in [2.05, 4.69) is 21.2 Å². The van der Waals surface area contributed by atoms with E-state index in [1.54, 1.807) is 25.3 Å². The first-order valence-electron chi connectivity index (χ1n) is 8.29. The van der Waals surface area contributed by atoms with E-state index in [0.717, 1.165) is 15.6 Å².